The van der Waals surface area contributed by atoms with E-state index in [1.165, 1.54) is 16.3 Å². The van der Waals surface area contributed by atoms with Gasteiger partial charge in [-0.15, -0.1) is 0 Å². The Morgan fingerprint density at radius 3 is 2.65 bits per heavy atom. The third-order valence-corrected chi connectivity index (χ3v) is 6.65. The van der Waals surface area contributed by atoms with Gasteiger partial charge in [0.1, 0.15) is 5.54 Å². The molecule has 0 spiro atoms. The van der Waals surface area contributed by atoms with Gasteiger partial charge < -0.3 is 5.32 Å². The first-order chi connectivity index (χ1) is 14.9. The largest absolute Gasteiger partial charge is 0.337 e. The number of hydrogen-bond donors (Lipinski definition) is 1. The monoisotopic (exact) mass is 452 g/mol. The van der Waals surface area contributed by atoms with Crippen LogP contribution in [0.5, 0.6) is 0 Å². The topological polar surface area (TPSA) is 87.8 Å². The molecule has 1 N–H and O–H groups in total. The molecule has 0 bridgehead atoms. The van der Waals surface area contributed by atoms with Gasteiger partial charge in [-0.1, -0.05) is 41.1 Å². The standard InChI is InChI=1S/C23H21ClN4O2S/c1-15-4-7-17(8-5-15)28-21(30)18-9-6-16(24)12-19(18)26-22(28)31-13-20(29)27-23(14-25)10-2-3-11-23/h4-9,12H,2-3,10-11,13H2,1H3,(H,27,29). The third kappa shape index (κ3) is 4.46. The van der Waals surface area contributed by atoms with Crippen LogP contribution in [0.2, 0.25) is 5.02 Å². The van der Waals surface area contributed by atoms with Crippen molar-refractivity contribution in [2.24, 2.45) is 0 Å². The fraction of sp³-hybridized carbons (Fsp3) is 0.304. The maximum absolute atomic E-state index is 13.3. The molecule has 1 amide bonds. The van der Waals surface area contributed by atoms with Gasteiger partial charge in [-0.2, -0.15) is 5.26 Å². The number of rotatable bonds is 5. The van der Waals surface area contributed by atoms with Gasteiger partial charge in [0.2, 0.25) is 5.91 Å². The molecule has 1 aromatic heterocycles. The number of aryl methyl sites for hydroxylation is 1. The molecule has 1 fully saturated rings. The second-order valence-electron chi connectivity index (χ2n) is 7.77. The lowest BCUT2D eigenvalue weighted by Gasteiger charge is -2.22. The molecular formula is C23H21ClN4O2S. The lowest BCUT2D eigenvalue weighted by molar-refractivity contribution is -0.119. The van der Waals surface area contributed by atoms with Crippen LogP contribution in [0.4, 0.5) is 0 Å². The van der Waals surface area contributed by atoms with E-state index >= 15 is 0 Å². The summed E-state index contributed by atoms with van der Waals surface area (Å²) in [5, 5.41) is 13.7. The molecule has 0 atom stereocenters. The molecule has 8 heteroatoms. The highest BCUT2D eigenvalue weighted by Crippen LogP contribution is 2.29. The van der Waals surface area contributed by atoms with Crippen molar-refractivity contribution in [2.75, 3.05) is 5.75 Å². The predicted octanol–water partition coefficient (Wildman–Crippen LogP) is 4.39. The van der Waals surface area contributed by atoms with Gasteiger partial charge in [-0.25, -0.2) is 4.98 Å². The van der Waals surface area contributed by atoms with Crippen molar-refractivity contribution >= 4 is 40.2 Å². The Hall–Kier alpha value is -2.82. The van der Waals surface area contributed by atoms with E-state index in [1.807, 2.05) is 31.2 Å². The van der Waals surface area contributed by atoms with Crippen molar-refractivity contribution in [3.8, 4) is 11.8 Å². The number of fused-ring (bicyclic) bond motifs is 1. The molecule has 0 aliphatic heterocycles. The Labute approximate surface area is 189 Å². The summed E-state index contributed by atoms with van der Waals surface area (Å²) in [4.78, 5) is 30.5. The molecular weight excluding hydrogens is 432 g/mol. The fourth-order valence-electron chi connectivity index (χ4n) is 3.83. The first-order valence-corrected chi connectivity index (χ1v) is 11.4. The minimum absolute atomic E-state index is 0.0494. The molecule has 158 valence electrons. The Morgan fingerprint density at radius 1 is 1.26 bits per heavy atom. The number of nitrogens with zero attached hydrogens (tertiary/aromatic N) is 3. The van der Waals surface area contributed by atoms with Crippen LogP contribution in [-0.4, -0.2) is 26.8 Å². The van der Waals surface area contributed by atoms with E-state index in [0.29, 0.717) is 39.6 Å². The van der Waals surface area contributed by atoms with Crippen LogP contribution in [0.25, 0.3) is 16.6 Å². The number of hydrogen-bond acceptors (Lipinski definition) is 5. The van der Waals surface area contributed by atoms with E-state index in [0.717, 1.165) is 18.4 Å². The Bertz CT molecular complexity index is 1240. The molecule has 1 saturated carbocycles. The van der Waals surface area contributed by atoms with Crippen LogP contribution in [0, 0.1) is 18.3 Å². The van der Waals surface area contributed by atoms with Crippen LogP contribution in [-0.2, 0) is 4.79 Å². The minimum atomic E-state index is -0.779. The second-order valence-corrected chi connectivity index (χ2v) is 9.15. The van der Waals surface area contributed by atoms with E-state index in [4.69, 9.17) is 11.6 Å². The quantitative estimate of drug-likeness (QED) is 0.458. The molecule has 0 saturated heterocycles. The summed E-state index contributed by atoms with van der Waals surface area (Å²) in [6.07, 6.45) is 3.20. The van der Waals surface area contributed by atoms with Gasteiger partial charge in [0.05, 0.1) is 28.4 Å². The van der Waals surface area contributed by atoms with Crippen LogP contribution >= 0.6 is 23.4 Å². The van der Waals surface area contributed by atoms with Crippen molar-refractivity contribution in [2.45, 2.75) is 43.3 Å². The summed E-state index contributed by atoms with van der Waals surface area (Å²) in [5.41, 5.74) is 1.22. The van der Waals surface area contributed by atoms with Gasteiger partial charge in [-0.05, 0) is 62.9 Å². The zero-order valence-corrected chi connectivity index (χ0v) is 18.6. The number of amides is 1. The van der Waals surface area contributed by atoms with Crippen LogP contribution in [0.15, 0.2) is 52.4 Å². The zero-order valence-electron chi connectivity index (χ0n) is 17.0. The molecule has 3 aromatic rings. The van der Waals surface area contributed by atoms with E-state index in [9.17, 15) is 14.9 Å². The molecule has 1 aliphatic rings. The normalized spacial score (nSPS) is 15.0. The van der Waals surface area contributed by atoms with Crippen molar-refractivity contribution < 1.29 is 4.79 Å². The molecule has 4 rings (SSSR count). The van der Waals surface area contributed by atoms with Crippen LogP contribution in [0.1, 0.15) is 31.2 Å². The third-order valence-electron chi connectivity index (χ3n) is 5.48. The predicted molar refractivity (Wildman–Crippen MR) is 123 cm³/mol. The molecule has 6 nitrogen and oxygen atoms in total. The SMILES string of the molecule is Cc1ccc(-n2c(SCC(=O)NC3(C#N)CCCC3)nc3cc(Cl)ccc3c2=O)cc1. The first-order valence-electron chi connectivity index (χ1n) is 10.1. The first kappa shape index (κ1) is 21.4. The molecule has 0 unspecified atom stereocenters. The average molecular weight is 453 g/mol. The van der Waals surface area contributed by atoms with Crippen molar-refractivity contribution in [1.82, 2.24) is 14.9 Å². The number of carbonyl (C=O) groups is 1. The molecule has 31 heavy (non-hydrogen) atoms. The van der Waals surface area contributed by atoms with Crippen molar-refractivity contribution in [1.29, 1.82) is 5.26 Å². The van der Waals surface area contributed by atoms with Gasteiger partial charge >= 0.3 is 0 Å². The summed E-state index contributed by atoms with van der Waals surface area (Å²) in [6.45, 7) is 1.97. The highest BCUT2D eigenvalue weighted by atomic mass is 35.5. The van der Waals surface area contributed by atoms with E-state index in [1.54, 1.807) is 18.2 Å². The summed E-state index contributed by atoms with van der Waals surface area (Å²) >= 11 is 7.27. The average Bonchev–Trinajstić information content (AvgIpc) is 3.22. The molecule has 1 heterocycles. The number of benzene rings is 2. The van der Waals surface area contributed by atoms with Gasteiger partial charge in [0.25, 0.3) is 5.56 Å². The number of nitriles is 1. The van der Waals surface area contributed by atoms with Crippen molar-refractivity contribution in [3.63, 3.8) is 0 Å². The fourth-order valence-corrected chi connectivity index (χ4v) is 4.81. The summed E-state index contributed by atoms with van der Waals surface area (Å²) in [5.74, 6) is -0.197. The highest BCUT2D eigenvalue weighted by molar-refractivity contribution is 7.99. The maximum Gasteiger partial charge on any atom is 0.266 e. The smallest absolute Gasteiger partial charge is 0.266 e. The van der Waals surface area contributed by atoms with Gasteiger partial charge in [0.15, 0.2) is 5.16 Å². The number of halogens is 1. The summed E-state index contributed by atoms with van der Waals surface area (Å²) in [6, 6.07) is 14.8. The zero-order chi connectivity index (χ0) is 22.0. The molecule has 0 radical (unpaired) electrons. The second kappa shape index (κ2) is 8.74. The molecule has 1 aliphatic carbocycles. The number of aromatic nitrogens is 2. The summed E-state index contributed by atoms with van der Waals surface area (Å²) < 4.78 is 1.52. The molecule has 2 aromatic carbocycles. The Balaban J connectivity index is 1.69. The highest BCUT2D eigenvalue weighted by Gasteiger charge is 2.35. The van der Waals surface area contributed by atoms with Gasteiger partial charge in [0, 0.05) is 5.02 Å². The number of carbonyl (C=O) groups excluding carboxylic acids is 1. The number of thioether (sulfide) groups is 1. The minimum Gasteiger partial charge on any atom is -0.337 e. The lowest BCUT2D eigenvalue weighted by atomic mass is 10.0. The maximum atomic E-state index is 13.3. The number of nitrogens with one attached hydrogen (secondary N) is 1. The van der Waals surface area contributed by atoms with E-state index in [-0.39, 0.29) is 17.2 Å². The van der Waals surface area contributed by atoms with Crippen LogP contribution < -0.4 is 10.9 Å². The Kier molecular flexibility index (Phi) is 6.03. The lowest BCUT2D eigenvalue weighted by Crippen LogP contribution is -2.45. The summed E-state index contributed by atoms with van der Waals surface area (Å²) in [7, 11) is 0. The Morgan fingerprint density at radius 2 is 1.97 bits per heavy atom. The van der Waals surface area contributed by atoms with E-state index in [2.05, 4.69) is 16.4 Å². The van der Waals surface area contributed by atoms with E-state index < -0.39 is 5.54 Å². The van der Waals surface area contributed by atoms with Gasteiger partial charge in [-0.3, -0.25) is 14.2 Å². The van der Waals surface area contributed by atoms with Crippen molar-refractivity contribution in [3.05, 3.63) is 63.4 Å². The van der Waals surface area contributed by atoms with Crippen LogP contribution in [0.3, 0.4) is 0 Å².